The lowest BCUT2D eigenvalue weighted by Gasteiger charge is -2.21. The number of nitrogens with zero attached hydrogens (tertiary/aromatic N) is 2. The summed E-state index contributed by atoms with van der Waals surface area (Å²) >= 11 is 0. The van der Waals surface area contributed by atoms with Crippen molar-refractivity contribution in [3.63, 3.8) is 0 Å². The Morgan fingerprint density at radius 2 is 2.06 bits per heavy atom. The van der Waals surface area contributed by atoms with Gasteiger partial charge in [0.15, 0.2) is 5.92 Å². The lowest BCUT2D eigenvalue weighted by atomic mass is 10.1. The van der Waals surface area contributed by atoms with E-state index in [1.165, 1.54) is 11.0 Å². The van der Waals surface area contributed by atoms with E-state index in [1.54, 1.807) is 7.05 Å². The third-order valence-corrected chi connectivity index (χ3v) is 2.58. The first-order valence-electron chi connectivity index (χ1n) is 5.53. The van der Waals surface area contributed by atoms with Gasteiger partial charge < -0.3 is 4.90 Å². The van der Waals surface area contributed by atoms with Gasteiger partial charge >= 0.3 is 6.18 Å². The number of rotatable bonds is 4. The number of nitriles is 1. The molecule has 1 aromatic rings. The van der Waals surface area contributed by atoms with Gasteiger partial charge in [0.2, 0.25) is 0 Å². The van der Waals surface area contributed by atoms with Crippen LogP contribution in [0.2, 0.25) is 0 Å². The molecule has 0 fully saturated rings. The van der Waals surface area contributed by atoms with Crippen LogP contribution in [-0.2, 0) is 6.54 Å². The van der Waals surface area contributed by atoms with Crippen LogP contribution in [0.15, 0.2) is 24.3 Å². The molecule has 1 rings (SSSR count). The van der Waals surface area contributed by atoms with Gasteiger partial charge in [-0.05, 0) is 19.5 Å². The van der Waals surface area contributed by atoms with Crippen molar-refractivity contribution in [1.82, 2.24) is 4.90 Å². The third-order valence-electron chi connectivity index (χ3n) is 2.58. The van der Waals surface area contributed by atoms with Crippen LogP contribution in [-0.4, -0.2) is 24.7 Å². The molecule has 0 N–H and O–H groups in total. The average Bonchev–Trinajstić information content (AvgIpc) is 2.24. The maximum atomic E-state index is 12.4. The lowest BCUT2D eigenvalue weighted by Crippen LogP contribution is -2.33. The van der Waals surface area contributed by atoms with Crippen molar-refractivity contribution in [2.45, 2.75) is 19.6 Å². The highest BCUT2D eigenvalue weighted by molar-refractivity contribution is 5.22. The molecule has 1 unspecified atom stereocenters. The maximum Gasteiger partial charge on any atom is 0.405 e. The molecule has 2 nitrogen and oxygen atoms in total. The maximum absolute atomic E-state index is 12.4. The van der Waals surface area contributed by atoms with Gasteiger partial charge in [-0.25, -0.2) is 0 Å². The molecular weight excluding hydrogens is 241 g/mol. The molecule has 0 radical (unpaired) electrons. The summed E-state index contributed by atoms with van der Waals surface area (Å²) < 4.78 is 37.3. The first-order valence-corrected chi connectivity index (χ1v) is 5.53. The van der Waals surface area contributed by atoms with Crippen molar-refractivity contribution >= 4 is 0 Å². The summed E-state index contributed by atoms with van der Waals surface area (Å²) in [5, 5.41) is 8.52. The van der Waals surface area contributed by atoms with E-state index in [2.05, 4.69) is 0 Å². The Hall–Kier alpha value is -1.54. The molecule has 0 bridgehead atoms. The van der Waals surface area contributed by atoms with Crippen LogP contribution in [0.5, 0.6) is 0 Å². The molecule has 1 aromatic carbocycles. The molecule has 0 aromatic heterocycles. The molecular formula is C13H15F3N2. The van der Waals surface area contributed by atoms with Gasteiger partial charge in [-0.2, -0.15) is 18.4 Å². The summed E-state index contributed by atoms with van der Waals surface area (Å²) in [6, 6.07) is 8.88. The summed E-state index contributed by atoms with van der Waals surface area (Å²) in [5.41, 5.74) is 2.00. The summed E-state index contributed by atoms with van der Waals surface area (Å²) in [6.45, 7) is 2.02. The summed E-state index contributed by atoms with van der Waals surface area (Å²) in [4.78, 5) is 1.51. The molecule has 0 aliphatic heterocycles. The molecule has 0 amide bonds. The van der Waals surface area contributed by atoms with Gasteiger partial charge in [0.1, 0.15) is 0 Å². The fraction of sp³-hybridized carbons (Fsp3) is 0.462. The second-order valence-electron chi connectivity index (χ2n) is 4.41. The van der Waals surface area contributed by atoms with E-state index < -0.39 is 12.1 Å². The largest absolute Gasteiger partial charge is 0.405 e. The quantitative estimate of drug-likeness (QED) is 0.827. The Bertz CT molecular complexity index is 435. The number of halogens is 3. The molecule has 0 saturated heterocycles. The van der Waals surface area contributed by atoms with E-state index in [1.807, 2.05) is 31.2 Å². The average molecular weight is 256 g/mol. The SMILES string of the molecule is Cc1cccc(CN(C)CC(C#N)C(F)(F)F)c1. The van der Waals surface area contributed by atoms with E-state index in [0.29, 0.717) is 6.54 Å². The van der Waals surface area contributed by atoms with Crippen LogP contribution in [0.4, 0.5) is 13.2 Å². The van der Waals surface area contributed by atoms with Gasteiger partial charge in [-0.1, -0.05) is 29.8 Å². The highest BCUT2D eigenvalue weighted by Crippen LogP contribution is 2.26. The van der Waals surface area contributed by atoms with Crippen molar-refractivity contribution in [3.05, 3.63) is 35.4 Å². The zero-order valence-electron chi connectivity index (χ0n) is 10.3. The summed E-state index contributed by atoms with van der Waals surface area (Å²) in [5.74, 6) is -1.94. The van der Waals surface area contributed by atoms with Gasteiger partial charge in [0.25, 0.3) is 0 Å². The first kappa shape index (κ1) is 14.5. The first-order chi connectivity index (χ1) is 8.32. The molecule has 0 aliphatic rings. The molecule has 1 atom stereocenters. The van der Waals surface area contributed by atoms with Gasteiger partial charge in [0.05, 0.1) is 6.07 Å². The normalized spacial score (nSPS) is 13.4. The Kier molecular flexibility index (Phi) is 4.74. The third kappa shape index (κ3) is 4.38. The summed E-state index contributed by atoms with van der Waals surface area (Å²) in [7, 11) is 1.58. The van der Waals surface area contributed by atoms with E-state index in [9.17, 15) is 13.2 Å². The van der Waals surface area contributed by atoms with Crippen LogP contribution in [0.1, 0.15) is 11.1 Å². The van der Waals surface area contributed by atoms with Crippen molar-refractivity contribution in [2.75, 3.05) is 13.6 Å². The second-order valence-corrected chi connectivity index (χ2v) is 4.41. The minimum Gasteiger partial charge on any atom is -0.300 e. The van der Waals surface area contributed by atoms with Crippen molar-refractivity contribution < 1.29 is 13.2 Å². The van der Waals surface area contributed by atoms with Gasteiger partial charge in [-0.15, -0.1) is 0 Å². The number of alkyl halides is 3. The van der Waals surface area contributed by atoms with Crippen molar-refractivity contribution in [2.24, 2.45) is 5.92 Å². The predicted molar refractivity (Wildman–Crippen MR) is 62.7 cm³/mol. The molecule has 0 spiro atoms. The number of hydrogen-bond acceptors (Lipinski definition) is 2. The monoisotopic (exact) mass is 256 g/mol. The van der Waals surface area contributed by atoms with Crippen molar-refractivity contribution in [1.29, 1.82) is 5.26 Å². The van der Waals surface area contributed by atoms with Crippen LogP contribution in [0.3, 0.4) is 0 Å². The molecule has 5 heteroatoms. The zero-order chi connectivity index (χ0) is 13.8. The molecule has 98 valence electrons. The smallest absolute Gasteiger partial charge is 0.300 e. The van der Waals surface area contributed by atoms with E-state index in [4.69, 9.17) is 5.26 Å². The minimum atomic E-state index is -4.46. The molecule has 18 heavy (non-hydrogen) atoms. The van der Waals surface area contributed by atoms with E-state index in [-0.39, 0.29) is 6.54 Å². The minimum absolute atomic E-state index is 0.312. The van der Waals surface area contributed by atoms with E-state index >= 15 is 0 Å². The van der Waals surface area contributed by atoms with Crippen LogP contribution < -0.4 is 0 Å². The molecule has 0 saturated carbocycles. The predicted octanol–water partition coefficient (Wildman–Crippen LogP) is 3.13. The van der Waals surface area contributed by atoms with E-state index in [0.717, 1.165) is 11.1 Å². The van der Waals surface area contributed by atoms with Crippen LogP contribution >= 0.6 is 0 Å². The highest BCUT2D eigenvalue weighted by Gasteiger charge is 2.40. The fourth-order valence-electron chi connectivity index (χ4n) is 1.72. The van der Waals surface area contributed by atoms with Crippen LogP contribution in [0, 0.1) is 24.2 Å². The standard InChI is InChI=1S/C13H15F3N2/c1-10-4-3-5-11(6-10)8-18(2)9-12(7-17)13(14,15)16/h3-6,12H,8-9H2,1-2H3. The Morgan fingerprint density at radius 3 is 2.56 bits per heavy atom. The zero-order valence-corrected chi connectivity index (χ0v) is 10.3. The number of hydrogen-bond donors (Lipinski definition) is 0. The lowest BCUT2D eigenvalue weighted by molar-refractivity contribution is -0.162. The summed E-state index contributed by atoms with van der Waals surface area (Å²) in [6.07, 6.45) is -4.46. The second kappa shape index (κ2) is 5.87. The Balaban J connectivity index is 2.62. The van der Waals surface area contributed by atoms with Gasteiger partial charge in [-0.3, -0.25) is 0 Å². The molecule has 0 aliphatic carbocycles. The van der Waals surface area contributed by atoms with Crippen molar-refractivity contribution in [3.8, 4) is 6.07 Å². The molecule has 0 heterocycles. The fourth-order valence-corrected chi connectivity index (χ4v) is 1.72. The Labute approximate surface area is 105 Å². The Morgan fingerprint density at radius 1 is 1.39 bits per heavy atom. The number of benzene rings is 1. The topological polar surface area (TPSA) is 27.0 Å². The number of aryl methyl sites for hydroxylation is 1. The highest BCUT2D eigenvalue weighted by atomic mass is 19.4. The van der Waals surface area contributed by atoms with Gasteiger partial charge in [0, 0.05) is 13.1 Å². The van der Waals surface area contributed by atoms with Crippen LogP contribution in [0.25, 0.3) is 0 Å².